The Morgan fingerprint density at radius 2 is 1.61 bits per heavy atom. The molecular formula is C21H11ClF6N4O. The number of aromatic nitrogens is 3. The van der Waals surface area contributed by atoms with Crippen LogP contribution in [-0.4, -0.2) is 20.5 Å². The number of alkyl halides is 6. The highest BCUT2D eigenvalue weighted by atomic mass is 35.5. The van der Waals surface area contributed by atoms with E-state index in [0.29, 0.717) is 16.1 Å². The smallest absolute Gasteiger partial charge is 0.321 e. The SMILES string of the molecule is O=C(Nc1cccc(C(F)(F)F)c1)c1nn2c(C(F)(F)F)cc(-c3ccccc3)nc2c1Cl. The van der Waals surface area contributed by atoms with E-state index in [-0.39, 0.29) is 11.4 Å². The number of hydrogen-bond acceptors (Lipinski definition) is 3. The van der Waals surface area contributed by atoms with E-state index in [9.17, 15) is 31.1 Å². The van der Waals surface area contributed by atoms with Gasteiger partial charge in [0.05, 0.1) is 11.3 Å². The van der Waals surface area contributed by atoms with Gasteiger partial charge in [0, 0.05) is 11.3 Å². The van der Waals surface area contributed by atoms with Crippen LogP contribution < -0.4 is 5.32 Å². The van der Waals surface area contributed by atoms with Gasteiger partial charge in [-0.15, -0.1) is 0 Å². The van der Waals surface area contributed by atoms with E-state index in [2.05, 4.69) is 15.4 Å². The number of carbonyl (C=O) groups excluding carboxylic acids is 1. The Kier molecular flexibility index (Phi) is 5.52. The number of anilines is 1. The Hall–Kier alpha value is -3.60. The van der Waals surface area contributed by atoms with Gasteiger partial charge in [0.1, 0.15) is 5.02 Å². The van der Waals surface area contributed by atoms with Gasteiger partial charge in [-0.2, -0.15) is 31.4 Å². The van der Waals surface area contributed by atoms with Crippen LogP contribution in [0.2, 0.25) is 5.02 Å². The van der Waals surface area contributed by atoms with Crippen LogP contribution in [0, 0.1) is 0 Å². The molecule has 0 aliphatic heterocycles. The normalized spacial score (nSPS) is 12.2. The molecule has 0 aliphatic rings. The largest absolute Gasteiger partial charge is 0.433 e. The molecule has 4 rings (SSSR count). The summed E-state index contributed by atoms with van der Waals surface area (Å²) >= 11 is 6.15. The van der Waals surface area contributed by atoms with E-state index in [1.54, 1.807) is 30.3 Å². The highest BCUT2D eigenvalue weighted by Gasteiger charge is 2.37. The predicted octanol–water partition coefficient (Wildman–Crippen LogP) is 6.34. The molecule has 5 nitrogen and oxygen atoms in total. The van der Waals surface area contributed by atoms with Gasteiger partial charge in [-0.25, -0.2) is 9.50 Å². The number of nitrogens with one attached hydrogen (secondary N) is 1. The highest BCUT2D eigenvalue weighted by Crippen LogP contribution is 2.35. The second-order valence-electron chi connectivity index (χ2n) is 6.82. The van der Waals surface area contributed by atoms with Crippen LogP contribution in [0.4, 0.5) is 32.0 Å². The third-order valence-corrected chi connectivity index (χ3v) is 4.90. The summed E-state index contributed by atoms with van der Waals surface area (Å²) in [5.74, 6) is -1.10. The Bertz CT molecular complexity index is 1350. The van der Waals surface area contributed by atoms with Gasteiger partial charge in [0.15, 0.2) is 17.0 Å². The number of rotatable bonds is 3. The molecule has 2 heterocycles. The van der Waals surface area contributed by atoms with E-state index >= 15 is 0 Å². The molecule has 0 fully saturated rings. The van der Waals surface area contributed by atoms with Crippen molar-refractivity contribution in [2.75, 3.05) is 5.32 Å². The second-order valence-corrected chi connectivity index (χ2v) is 7.20. The maximum absolute atomic E-state index is 13.7. The lowest BCUT2D eigenvalue weighted by Gasteiger charge is -2.11. The lowest BCUT2D eigenvalue weighted by Crippen LogP contribution is -2.16. The Morgan fingerprint density at radius 3 is 2.24 bits per heavy atom. The van der Waals surface area contributed by atoms with Crippen LogP contribution >= 0.6 is 11.6 Å². The van der Waals surface area contributed by atoms with Crippen LogP contribution in [0.25, 0.3) is 16.9 Å². The molecule has 4 aromatic rings. The predicted molar refractivity (Wildman–Crippen MR) is 108 cm³/mol. The van der Waals surface area contributed by atoms with Crippen LogP contribution in [0.3, 0.4) is 0 Å². The Morgan fingerprint density at radius 1 is 0.909 bits per heavy atom. The van der Waals surface area contributed by atoms with Gasteiger partial charge in [0.25, 0.3) is 5.91 Å². The minimum absolute atomic E-state index is 0.0536. The zero-order valence-corrected chi connectivity index (χ0v) is 16.9. The maximum atomic E-state index is 13.7. The zero-order valence-electron chi connectivity index (χ0n) is 16.2. The maximum Gasteiger partial charge on any atom is 0.433 e. The molecular weight excluding hydrogens is 474 g/mol. The van der Waals surface area contributed by atoms with Crippen molar-refractivity contribution in [2.45, 2.75) is 12.4 Å². The van der Waals surface area contributed by atoms with Crippen LogP contribution in [0.15, 0.2) is 60.7 Å². The molecule has 0 saturated heterocycles. The molecule has 2 aromatic heterocycles. The summed E-state index contributed by atoms with van der Waals surface area (Å²) in [4.78, 5) is 16.7. The molecule has 0 atom stereocenters. The summed E-state index contributed by atoms with van der Waals surface area (Å²) < 4.78 is 80.2. The summed E-state index contributed by atoms with van der Waals surface area (Å²) in [6, 6.07) is 12.5. The van der Waals surface area contributed by atoms with E-state index in [1.165, 1.54) is 6.07 Å². The van der Waals surface area contributed by atoms with Crippen molar-refractivity contribution >= 4 is 28.8 Å². The summed E-state index contributed by atoms with van der Waals surface area (Å²) in [5, 5.41) is 5.33. The Balaban J connectivity index is 1.80. The molecule has 2 aromatic carbocycles. The fourth-order valence-corrected chi connectivity index (χ4v) is 3.30. The van der Waals surface area contributed by atoms with Crippen molar-refractivity contribution in [2.24, 2.45) is 0 Å². The molecule has 0 spiro atoms. The first-order chi connectivity index (χ1) is 15.4. The lowest BCUT2D eigenvalue weighted by molar-refractivity contribution is -0.142. The standard InChI is InChI=1S/C21H11ClF6N4O/c22-16-17(19(33)29-13-8-4-7-12(9-13)20(23,24)25)31-32-15(21(26,27)28)10-14(30-18(16)32)11-5-2-1-3-6-11/h1-10H,(H,29,33). The van der Waals surface area contributed by atoms with Crippen molar-refractivity contribution in [3.63, 3.8) is 0 Å². The van der Waals surface area contributed by atoms with Gasteiger partial charge in [0.2, 0.25) is 0 Å². The molecule has 0 saturated carbocycles. The van der Waals surface area contributed by atoms with Crippen molar-refractivity contribution in [3.05, 3.63) is 82.6 Å². The van der Waals surface area contributed by atoms with Crippen molar-refractivity contribution in [1.29, 1.82) is 0 Å². The fraction of sp³-hybridized carbons (Fsp3) is 0.0952. The van der Waals surface area contributed by atoms with Crippen LogP contribution in [0.5, 0.6) is 0 Å². The first-order valence-corrected chi connectivity index (χ1v) is 9.53. The summed E-state index contributed by atoms with van der Waals surface area (Å²) in [7, 11) is 0. The van der Waals surface area contributed by atoms with Crippen molar-refractivity contribution < 1.29 is 31.1 Å². The van der Waals surface area contributed by atoms with Gasteiger partial charge >= 0.3 is 12.4 Å². The molecule has 0 aliphatic carbocycles. The number of amides is 1. The number of carbonyl (C=O) groups is 1. The van der Waals surface area contributed by atoms with Crippen molar-refractivity contribution in [1.82, 2.24) is 14.6 Å². The monoisotopic (exact) mass is 484 g/mol. The number of fused-ring (bicyclic) bond motifs is 1. The second kappa shape index (κ2) is 8.07. The molecule has 33 heavy (non-hydrogen) atoms. The molecule has 0 unspecified atom stereocenters. The first kappa shape index (κ1) is 22.6. The average Bonchev–Trinajstić information content (AvgIpc) is 3.09. The number of hydrogen-bond donors (Lipinski definition) is 1. The molecule has 170 valence electrons. The van der Waals surface area contributed by atoms with Crippen LogP contribution in [0.1, 0.15) is 21.7 Å². The first-order valence-electron chi connectivity index (χ1n) is 9.15. The van der Waals surface area contributed by atoms with Gasteiger partial charge in [-0.3, -0.25) is 4.79 Å². The molecule has 0 radical (unpaired) electrons. The van der Waals surface area contributed by atoms with Crippen LogP contribution in [-0.2, 0) is 12.4 Å². The van der Waals surface area contributed by atoms with E-state index in [0.717, 1.165) is 18.2 Å². The van der Waals surface area contributed by atoms with Crippen molar-refractivity contribution in [3.8, 4) is 11.3 Å². The minimum Gasteiger partial charge on any atom is -0.321 e. The highest BCUT2D eigenvalue weighted by molar-refractivity contribution is 6.37. The summed E-state index contributed by atoms with van der Waals surface area (Å²) in [6.45, 7) is 0. The quantitative estimate of drug-likeness (QED) is 0.345. The third-order valence-electron chi connectivity index (χ3n) is 4.56. The van der Waals surface area contributed by atoms with Gasteiger partial charge < -0.3 is 5.32 Å². The average molecular weight is 485 g/mol. The molecule has 0 bridgehead atoms. The number of benzene rings is 2. The molecule has 12 heteroatoms. The lowest BCUT2D eigenvalue weighted by atomic mass is 10.1. The Labute approximate surface area is 186 Å². The number of halogens is 7. The topological polar surface area (TPSA) is 59.3 Å². The summed E-state index contributed by atoms with van der Waals surface area (Å²) in [5.41, 5.74) is -3.23. The fourth-order valence-electron chi connectivity index (χ4n) is 3.06. The van der Waals surface area contributed by atoms with E-state index < -0.39 is 45.9 Å². The minimum atomic E-state index is -4.87. The molecule has 1 N–H and O–H groups in total. The van der Waals surface area contributed by atoms with Gasteiger partial charge in [-0.05, 0) is 24.3 Å². The van der Waals surface area contributed by atoms with Gasteiger partial charge in [-0.1, -0.05) is 48.0 Å². The van der Waals surface area contributed by atoms with E-state index in [4.69, 9.17) is 11.6 Å². The third kappa shape index (κ3) is 4.49. The summed E-state index contributed by atoms with van der Waals surface area (Å²) in [6.07, 6.45) is -9.52. The molecule has 1 amide bonds. The van der Waals surface area contributed by atoms with E-state index in [1.807, 2.05) is 0 Å². The number of nitrogens with zero attached hydrogens (tertiary/aromatic N) is 3. The zero-order chi connectivity index (χ0) is 24.0.